The lowest BCUT2D eigenvalue weighted by atomic mass is 9.90. The number of hydrogen-bond donors (Lipinski definition) is 2. The minimum atomic E-state index is 0.141. The Kier molecular flexibility index (Phi) is 6.68. The van der Waals surface area contributed by atoms with Crippen molar-refractivity contribution in [1.82, 2.24) is 0 Å². The summed E-state index contributed by atoms with van der Waals surface area (Å²) in [7, 11) is 0. The lowest BCUT2D eigenvalue weighted by Crippen LogP contribution is -3.14. The number of aryl methyl sites for hydroxylation is 1. The Morgan fingerprint density at radius 1 is 1.07 bits per heavy atom. The van der Waals surface area contributed by atoms with Gasteiger partial charge >= 0.3 is 0 Å². The Labute approximate surface area is 163 Å². The maximum absolute atomic E-state index is 12.6. The van der Waals surface area contributed by atoms with E-state index >= 15 is 0 Å². The second-order valence-corrected chi connectivity index (χ2v) is 8.30. The van der Waals surface area contributed by atoms with Crippen LogP contribution < -0.4 is 10.2 Å². The number of benzene rings is 2. The number of carbonyl (C=O) groups is 1. The first kappa shape index (κ1) is 19.6. The number of nitrogens with one attached hydrogen (secondary N) is 2. The normalized spacial score (nSPS) is 19.9. The van der Waals surface area contributed by atoms with Gasteiger partial charge in [-0.1, -0.05) is 62.4 Å². The lowest BCUT2D eigenvalue weighted by Gasteiger charge is -2.29. The number of piperidine rings is 1. The van der Waals surface area contributed by atoms with Crippen molar-refractivity contribution in [3.8, 4) is 0 Å². The zero-order valence-electron chi connectivity index (χ0n) is 16.9. The standard InChI is InChI=1S/C24H32N2O/c1-18(2)22-11-7-8-19(3)24(22)25-23(27)17-26-14-12-21(13-15-26)16-20-9-5-4-6-10-20/h4-11,18,21H,12-17H2,1-3H3,(H,25,27)/p+1. The van der Waals surface area contributed by atoms with Crippen LogP contribution in [0.3, 0.4) is 0 Å². The number of hydrogen-bond acceptors (Lipinski definition) is 1. The number of likely N-dealkylation sites (tertiary alicyclic amines) is 1. The number of amides is 1. The third-order valence-electron chi connectivity index (χ3n) is 5.78. The molecule has 0 radical (unpaired) electrons. The van der Waals surface area contributed by atoms with Crippen molar-refractivity contribution in [1.29, 1.82) is 0 Å². The molecule has 0 saturated carbocycles. The summed E-state index contributed by atoms with van der Waals surface area (Å²) in [5.41, 5.74) is 4.81. The van der Waals surface area contributed by atoms with E-state index in [0.29, 0.717) is 12.5 Å². The van der Waals surface area contributed by atoms with Crippen LogP contribution in [0.1, 0.15) is 49.3 Å². The largest absolute Gasteiger partial charge is 0.327 e. The molecule has 0 aliphatic carbocycles. The molecule has 1 saturated heterocycles. The lowest BCUT2D eigenvalue weighted by molar-refractivity contribution is -0.898. The number of anilines is 1. The van der Waals surface area contributed by atoms with Crippen LogP contribution in [0.2, 0.25) is 0 Å². The second kappa shape index (κ2) is 9.18. The van der Waals surface area contributed by atoms with Crippen molar-refractivity contribution in [2.24, 2.45) is 5.92 Å². The molecule has 1 amide bonds. The van der Waals surface area contributed by atoms with Gasteiger partial charge < -0.3 is 10.2 Å². The highest BCUT2D eigenvalue weighted by Gasteiger charge is 2.24. The van der Waals surface area contributed by atoms with Gasteiger partial charge in [0.2, 0.25) is 0 Å². The van der Waals surface area contributed by atoms with E-state index < -0.39 is 0 Å². The van der Waals surface area contributed by atoms with Crippen molar-refractivity contribution in [3.05, 3.63) is 65.2 Å². The molecule has 0 spiro atoms. The van der Waals surface area contributed by atoms with Gasteiger partial charge in [0.15, 0.2) is 6.54 Å². The number of carbonyl (C=O) groups excluding carboxylic acids is 1. The quantitative estimate of drug-likeness (QED) is 0.806. The molecule has 2 aromatic carbocycles. The Balaban J connectivity index is 1.50. The summed E-state index contributed by atoms with van der Waals surface area (Å²) in [4.78, 5) is 14.1. The van der Waals surface area contributed by atoms with Crippen LogP contribution in [0.25, 0.3) is 0 Å². The Morgan fingerprint density at radius 2 is 1.78 bits per heavy atom. The number of para-hydroxylation sites is 1. The van der Waals surface area contributed by atoms with Gasteiger partial charge in [0, 0.05) is 5.69 Å². The minimum Gasteiger partial charge on any atom is -0.327 e. The molecule has 3 rings (SSSR count). The molecule has 144 valence electrons. The van der Waals surface area contributed by atoms with Gasteiger partial charge in [0.25, 0.3) is 5.91 Å². The molecule has 1 heterocycles. The highest BCUT2D eigenvalue weighted by atomic mass is 16.2. The third-order valence-corrected chi connectivity index (χ3v) is 5.78. The Hall–Kier alpha value is -2.13. The van der Waals surface area contributed by atoms with E-state index in [1.165, 1.54) is 35.3 Å². The topological polar surface area (TPSA) is 33.5 Å². The van der Waals surface area contributed by atoms with Crippen LogP contribution in [0.5, 0.6) is 0 Å². The first-order valence-corrected chi connectivity index (χ1v) is 10.3. The maximum atomic E-state index is 12.6. The van der Waals surface area contributed by atoms with Crippen molar-refractivity contribution < 1.29 is 9.69 Å². The van der Waals surface area contributed by atoms with Gasteiger partial charge in [0.1, 0.15) is 0 Å². The fraction of sp³-hybridized carbons (Fsp3) is 0.458. The zero-order chi connectivity index (χ0) is 19.2. The SMILES string of the molecule is Cc1cccc(C(C)C)c1NC(=O)C[NH+]1CCC(Cc2ccccc2)CC1. The fourth-order valence-electron chi connectivity index (χ4n) is 4.17. The molecule has 2 aromatic rings. The highest BCUT2D eigenvalue weighted by Crippen LogP contribution is 2.27. The predicted molar refractivity (Wildman–Crippen MR) is 112 cm³/mol. The molecule has 0 unspecified atom stereocenters. The van der Waals surface area contributed by atoms with Crippen LogP contribution >= 0.6 is 0 Å². The van der Waals surface area contributed by atoms with Crippen LogP contribution in [-0.4, -0.2) is 25.5 Å². The zero-order valence-corrected chi connectivity index (χ0v) is 16.9. The molecule has 3 heteroatoms. The summed E-state index contributed by atoms with van der Waals surface area (Å²) in [5, 5.41) is 3.20. The average molecular weight is 366 g/mol. The van der Waals surface area contributed by atoms with Crippen LogP contribution in [-0.2, 0) is 11.2 Å². The van der Waals surface area contributed by atoms with Gasteiger partial charge in [-0.3, -0.25) is 4.79 Å². The molecule has 0 aromatic heterocycles. The number of rotatable bonds is 6. The summed E-state index contributed by atoms with van der Waals surface area (Å²) >= 11 is 0. The summed E-state index contributed by atoms with van der Waals surface area (Å²) in [6.45, 7) is 9.18. The third kappa shape index (κ3) is 5.43. The van der Waals surface area contributed by atoms with Crippen LogP contribution in [0.15, 0.2) is 48.5 Å². The average Bonchev–Trinajstić information content (AvgIpc) is 2.65. The molecule has 1 fully saturated rings. The molecule has 1 aliphatic rings. The molecular formula is C24H33N2O+. The van der Waals surface area contributed by atoms with Crippen molar-refractivity contribution in [2.45, 2.75) is 46.0 Å². The Morgan fingerprint density at radius 3 is 2.44 bits per heavy atom. The first-order valence-electron chi connectivity index (χ1n) is 10.3. The van der Waals surface area contributed by atoms with Crippen LogP contribution in [0.4, 0.5) is 5.69 Å². The summed E-state index contributed by atoms with van der Waals surface area (Å²) in [6.07, 6.45) is 3.58. The van der Waals surface area contributed by atoms with E-state index in [4.69, 9.17) is 0 Å². The fourth-order valence-corrected chi connectivity index (χ4v) is 4.17. The molecule has 0 bridgehead atoms. The van der Waals surface area contributed by atoms with Gasteiger partial charge in [-0.15, -0.1) is 0 Å². The van der Waals surface area contributed by atoms with E-state index in [1.54, 1.807) is 0 Å². The van der Waals surface area contributed by atoms with E-state index in [-0.39, 0.29) is 5.91 Å². The number of quaternary nitrogens is 1. The van der Waals surface area contributed by atoms with Gasteiger partial charge in [-0.25, -0.2) is 0 Å². The van der Waals surface area contributed by atoms with Gasteiger partial charge in [0.05, 0.1) is 13.1 Å². The summed E-state index contributed by atoms with van der Waals surface area (Å²) in [5.74, 6) is 1.30. The Bertz CT molecular complexity index is 746. The van der Waals surface area contributed by atoms with E-state index in [2.05, 4.69) is 74.6 Å². The van der Waals surface area contributed by atoms with Gasteiger partial charge in [-0.05, 0) is 54.7 Å². The monoisotopic (exact) mass is 365 g/mol. The predicted octanol–water partition coefficient (Wildman–Crippen LogP) is 3.59. The van der Waals surface area contributed by atoms with Gasteiger partial charge in [-0.2, -0.15) is 0 Å². The molecule has 27 heavy (non-hydrogen) atoms. The van der Waals surface area contributed by atoms with Crippen molar-refractivity contribution in [2.75, 3.05) is 25.0 Å². The molecule has 0 atom stereocenters. The van der Waals surface area contributed by atoms with Crippen molar-refractivity contribution in [3.63, 3.8) is 0 Å². The van der Waals surface area contributed by atoms with E-state index in [9.17, 15) is 4.79 Å². The maximum Gasteiger partial charge on any atom is 0.279 e. The molecule has 1 aliphatic heterocycles. The highest BCUT2D eigenvalue weighted by molar-refractivity contribution is 5.93. The minimum absolute atomic E-state index is 0.141. The smallest absolute Gasteiger partial charge is 0.279 e. The molecular weight excluding hydrogens is 332 g/mol. The van der Waals surface area contributed by atoms with E-state index in [1.807, 2.05) is 0 Å². The van der Waals surface area contributed by atoms with Crippen molar-refractivity contribution >= 4 is 11.6 Å². The second-order valence-electron chi connectivity index (χ2n) is 8.30. The molecule has 3 nitrogen and oxygen atoms in total. The summed E-state index contributed by atoms with van der Waals surface area (Å²) in [6, 6.07) is 17.0. The molecule has 2 N–H and O–H groups in total. The van der Waals surface area contributed by atoms with Crippen LogP contribution in [0, 0.1) is 12.8 Å². The first-order chi connectivity index (χ1) is 13.0. The summed E-state index contributed by atoms with van der Waals surface area (Å²) < 4.78 is 0. The van der Waals surface area contributed by atoms with E-state index in [0.717, 1.165) is 30.3 Å².